The molecule has 108 heavy (non-hydrogen) atoms. The van der Waals surface area contributed by atoms with Crippen LogP contribution < -0.4 is 86.3 Å². The van der Waals surface area contributed by atoms with Crippen molar-refractivity contribution in [2.45, 2.75) is 205 Å². The van der Waals surface area contributed by atoms with Gasteiger partial charge in [-0.05, 0) is 125 Å². The van der Waals surface area contributed by atoms with Crippen molar-refractivity contribution in [3.8, 4) is 11.5 Å². The second kappa shape index (κ2) is 48.9. The number of thiol groups is 1. The molecule has 0 aliphatic heterocycles. The van der Waals surface area contributed by atoms with Crippen LogP contribution in [0.1, 0.15) is 130 Å². The third kappa shape index (κ3) is 35.0. The van der Waals surface area contributed by atoms with Gasteiger partial charge < -0.3 is 117 Å². The number of amides is 13. The smallest absolute Gasteiger partial charge is 0.327 e. The number of aromatic hydroxyl groups is 2. The number of carboxylic acid groups (broad SMARTS) is 3. The van der Waals surface area contributed by atoms with Crippen molar-refractivity contribution in [2.75, 3.05) is 38.5 Å². The highest BCUT2D eigenvalue weighted by Crippen LogP contribution is 2.17. The lowest BCUT2D eigenvalue weighted by molar-refractivity contribution is -0.141. The van der Waals surface area contributed by atoms with Crippen molar-refractivity contribution in [3.63, 3.8) is 0 Å². The van der Waals surface area contributed by atoms with Gasteiger partial charge in [0.15, 0.2) is 0 Å². The largest absolute Gasteiger partial charge is 0.508 e. The maximum Gasteiger partial charge on any atom is 0.327 e. The monoisotopic (exact) mass is 1540 g/mol. The topological polar surface area (TPSA) is 629 Å². The van der Waals surface area contributed by atoms with E-state index < -0.39 is 224 Å². The lowest BCUT2D eigenvalue weighted by Crippen LogP contribution is -2.61. The van der Waals surface area contributed by atoms with Gasteiger partial charge in [-0.1, -0.05) is 72.2 Å². The average Bonchev–Trinajstić information content (AvgIpc) is 0.845. The lowest BCUT2D eigenvalue weighted by Gasteiger charge is -2.29. The summed E-state index contributed by atoms with van der Waals surface area (Å²) >= 11 is 4.00. The maximum atomic E-state index is 14.3. The van der Waals surface area contributed by atoms with Crippen LogP contribution in [0, 0.1) is 17.8 Å². The highest BCUT2D eigenvalue weighted by atomic mass is 32.1. The molecule has 0 saturated carbocycles. The molecule has 0 aliphatic carbocycles. The highest BCUT2D eigenvalue weighted by molar-refractivity contribution is 7.80. The van der Waals surface area contributed by atoms with E-state index in [1.54, 1.807) is 41.5 Å². The third-order valence-electron chi connectivity index (χ3n) is 16.9. The molecule has 0 fully saturated rings. The van der Waals surface area contributed by atoms with Crippen LogP contribution in [0.25, 0.3) is 0 Å². The number of phenolic OH excluding ortho intramolecular Hbond substituents is 2. The van der Waals surface area contributed by atoms with Gasteiger partial charge >= 0.3 is 17.9 Å². The number of aliphatic carboxylic acids is 3. The van der Waals surface area contributed by atoms with Crippen molar-refractivity contribution < 1.29 is 107 Å². The Morgan fingerprint density at radius 2 is 0.750 bits per heavy atom. The first-order chi connectivity index (χ1) is 50.9. The first-order valence-electron chi connectivity index (χ1n) is 35.4. The summed E-state index contributed by atoms with van der Waals surface area (Å²) < 4.78 is 0. The summed E-state index contributed by atoms with van der Waals surface area (Å²) in [6.07, 6.45) is -2.19. The molecule has 0 bridgehead atoms. The number of carboxylic acids is 3. The van der Waals surface area contributed by atoms with Crippen LogP contribution in [0.3, 0.4) is 0 Å². The van der Waals surface area contributed by atoms with Crippen molar-refractivity contribution in [2.24, 2.45) is 35.0 Å². The van der Waals surface area contributed by atoms with Gasteiger partial charge in [-0.3, -0.25) is 71.9 Å². The molecule has 2 rings (SSSR count). The van der Waals surface area contributed by atoms with Gasteiger partial charge in [-0.25, -0.2) is 4.79 Å². The molecule has 0 unspecified atom stereocenters. The number of unbranched alkanes of at least 4 members (excludes halogenated alkanes) is 2. The number of carbonyl (C=O) groups is 16. The van der Waals surface area contributed by atoms with Crippen LogP contribution in [-0.2, 0) is 89.6 Å². The van der Waals surface area contributed by atoms with E-state index in [9.17, 15) is 102 Å². The normalized spacial score (nSPS) is 14.7. The van der Waals surface area contributed by atoms with Crippen molar-refractivity contribution in [1.82, 2.24) is 69.1 Å². The van der Waals surface area contributed by atoms with Crippen LogP contribution in [0.4, 0.5) is 0 Å². The van der Waals surface area contributed by atoms with E-state index in [1.165, 1.54) is 48.5 Å². The quantitative estimate of drug-likeness (QED) is 0.0218. The molecule has 2 aromatic carbocycles. The van der Waals surface area contributed by atoms with E-state index in [2.05, 4.69) is 81.7 Å². The first-order valence-corrected chi connectivity index (χ1v) is 36.0. The Morgan fingerprint density at radius 3 is 1.19 bits per heavy atom. The third-order valence-corrected chi connectivity index (χ3v) is 17.3. The van der Waals surface area contributed by atoms with Gasteiger partial charge in [0.2, 0.25) is 76.8 Å². The summed E-state index contributed by atoms with van der Waals surface area (Å²) in [6.45, 7) is 8.55. The van der Waals surface area contributed by atoms with E-state index in [0.717, 1.165) is 6.92 Å². The zero-order chi connectivity index (χ0) is 81.5. The number of aliphatic hydroxyl groups excluding tert-OH is 1. The summed E-state index contributed by atoms with van der Waals surface area (Å²) in [5.41, 5.74) is 17.9. The van der Waals surface area contributed by atoms with Gasteiger partial charge in [0.25, 0.3) is 0 Å². The molecular weight excluding hydrogens is 1440 g/mol. The maximum absolute atomic E-state index is 14.3. The van der Waals surface area contributed by atoms with Gasteiger partial charge in [-0.15, -0.1) is 0 Å². The number of benzene rings is 2. The summed E-state index contributed by atoms with van der Waals surface area (Å²) in [4.78, 5) is 213. The molecule has 0 aromatic heterocycles. The zero-order valence-corrected chi connectivity index (χ0v) is 62.5. The number of aliphatic hydroxyl groups is 1. The molecule has 39 heteroatoms. The predicted octanol–water partition coefficient (Wildman–Crippen LogP) is -4.85. The number of phenols is 2. The summed E-state index contributed by atoms with van der Waals surface area (Å²) in [6, 6.07) is -4.95. The fourth-order valence-electron chi connectivity index (χ4n) is 10.4. The van der Waals surface area contributed by atoms with E-state index >= 15 is 0 Å². The number of hydrogen-bond acceptors (Lipinski definition) is 23. The average molecular weight is 1550 g/mol. The Labute approximate surface area is 630 Å². The minimum Gasteiger partial charge on any atom is -0.508 e. The molecule has 602 valence electrons. The minimum absolute atomic E-state index is 0.0204. The van der Waals surface area contributed by atoms with Gasteiger partial charge in [0.05, 0.1) is 31.8 Å². The highest BCUT2D eigenvalue weighted by Gasteiger charge is 2.37. The predicted molar refractivity (Wildman–Crippen MR) is 392 cm³/mol. The SMILES string of the molecule is CC[C@H](C)[C@H](NC(=O)[C@H](CCCCN)NC(=O)[C@@H](N)CCC(=O)O)C(=O)NCC(=O)N[C@@H](CCC(=O)O)C(=O)NCC(=O)N[C@H](C(=O)N[C@@H](Cc1ccc(O)cc1)C(=O)NCC(=O)N[C@H](C(=O)N[C@H](C(=O)N[C@@H](Cc1ccc(O)cc1)C(=O)N[C@@H](CCCCN)C(=O)N[C@@H](CS)C(=O)O)C(C)C)C(C)C)[C@@H](C)O. The van der Waals surface area contributed by atoms with E-state index in [1.807, 2.05) is 0 Å². The van der Waals surface area contributed by atoms with Crippen molar-refractivity contribution in [3.05, 3.63) is 59.7 Å². The van der Waals surface area contributed by atoms with E-state index in [4.69, 9.17) is 22.3 Å². The van der Waals surface area contributed by atoms with Crippen molar-refractivity contribution >= 4 is 107 Å². The standard InChI is InChI=1S/C69H108N16O22S/c1-8-37(6)57(85-63(100)45(14-10-12-28-71)77-59(96)43(72)23-25-53(92)93)65(102)75-31-50(89)76-46(24-26-54(94)95)60(97)73-33-52(91)83-58(38(7)86)68(105)79-47(29-39-15-19-41(87)20-16-39)61(98)74-32-51(90)82-55(35(2)3)67(104)84-56(36(4)5)66(103)80-48(30-40-17-21-42(88)22-18-40)64(101)78-44(13-9-11-27-70)62(99)81-49(34-108)69(106)107/h15-22,35-38,43-49,55-58,86-88,108H,8-14,23-34,70-72H2,1-7H3,(H,73,97)(H,74,98)(H,75,102)(H,76,89)(H,77,96)(H,78,101)(H,79,105)(H,80,103)(H,81,99)(H,82,90)(H,83,91)(H,84,104)(H,85,100)(H,92,93)(H,94,95)(H,106,107)/t37-,38+,43-,44-,45-,46-,47-,48-,49-,55-,56-,57-,58-/m0/s1. The Balaban J connectivity index is 2.29. The molecule has 0 radical (unpaired) electrons. The summed E-state index contributed by atoms with van der Waals surface area (Å²) in [5.74, 6) is -18.9. The molecule has 38 nitrogen and oxygen atoms in total. The van der Waals surface area contributed by atoms with Crippen LogP contribution in [0.2, 0.25) is 0 Å². The Morgan fingerprint density at radius 1 is 0.398 bits per heavy atom. The Hall–Kier alpha value is -10.3. The van der Waals surface area contributed by atoms with Gasteiger partial charge in [0, 0.05) is 31.4 Å². The summed E-state index contributed by atoms with van der Waals surface area (Å²) in [5, 5.41) is 90.5. The van der Waals surface area contributed by atoms with E-state index in [-0.39, 0.29) is 62.4 Å². The molecule has 25 N–H and O–H groups in total. The molecule has 0 spiro atoms. The molecular formula is C69H108N16O22S. The second-order valence-corrected chi connectivity index (χ2v) is 26.9. The van der Waals surface area contributed by atoms with Crippen LogP contribution >= 0.6 is 12.6 Å². The number of rotatable bonds is 51. The fourth-order valence-corrected chi connectivity index (χ4v) is 10.6. The molecule has 13 amide bonds. The number of hydrogen-bond donors (Lipinski definition) is 23. The Bertz CT molecular complexity index is 3370. The lowest BCUT2D eigenvalue weighted by atomic mass is 9.97. The minimum atomic E-state index is -1.87. The van der Waals surface area contributed by atoms with Crippen LogP contribution in [0.15, 0.2) is 48.5 Å². The molecule has 0 saturated heterocycles. The van der Waals surface area contributed by atoms with E-state index in [0.29, 0.717) is 43.2 Å². The zero-order valence-electron chi connectivity index (χ0n) is 61.6. The number of nitrogens with two attached hydrogens (primary N) is 3. The molecule has 0 heterocycles. The number of nitrogens with one attached hydrogen (secondary N) is 13. The number of carbonyl (C=O) groups excluding carboxylic acids is 13. The second-order valence-electron chi connectivity index (χ2n) is 26.6. The fraction of sp³-hybridized carbons (Fsp3) is 0.594. The molecule has 13 atom stereocenters. The van der Waals surface area contributed by atoms with Gasteiger partial charge in [0.1, 0.15) is 71.9 Å². The van der Waals surface area contributed by atoms with Crippen LogP contribution in [-0.4, -0.2) is 236 Å². The first kappa shape index (κ1) is 93.8. The Kier molecular flexibility index (Phi) is 42.4. The molecule has 0 aliphatic rings. The van der Waals surface area contributed by atoms with Crippen molar-refractivity contribution in [1.29, 1.82) is 0 Å². The van der Waals surface area contributed by atoms with Gasteiger partial charge in [-0.2, -0.15) is 12.6 Å². The summed E-state index contributed by atoms with van der Waals surface area (Å²) in [7, 11) is 0. The van der Waals surface area contributed by atoms with Crippen LogP contribution in [0.5, 0.6) is 11.5 Å². The molecule has 2 aromatic rings.